The van der Waals surface area contributed by atoms with Crippen LogP contribution in [-0.4, -0.2) is 0 Å². The molecule has 0 unspecified atom stereocenters. The van der Waals surface area contributed by atoms with Gasteiger partial charge in [0.25, 0.3) is 0 Å². The zero-order valence-corrected chi connectivity index (χ0v) is 10.1. The number of hydrogen-bond acceptors (Lipinski definition) is 0. The van der Waals surface area contributed by atoms with Gasteiger partial charge >= 0.3 is 0 Å². The lowest BCUT2D eigenvalue weighted by Gasteiger charge is -2.28. The molecule has 0 aromatic heterocycles. The Labute approximate surface area is 103 Å². The molecule has 0 aliphatic heterocycles. The van der Waals surface area contributed by atoms with Crippen LogP contribution in [0.5, 0.6) is 0 Å². The van der Waals surface area contributed by atoms with Crippen LogP contribution >= 0.6 is 0 Å². The van der Waals surface area contributed by atoms with E-state index in [9.17, 15) is 0 Å². The topological polar surface area (TPSA) is 0 Å². The van der Waals surface area contributed by atoms with E-state index in [2.05, 4.69) is 37.1 Å². The molecule has 84 valence electrons. The fourth-order valence-corrected chi connectivity index (χ4v) is 2.29. The van der Waals surface area contributed by atoms with E-state index < -0.39 is 0 Å². The summed E-state index contributed by atoms with van der Waals surface area (Å²) in [4.78, 5) is 0. The van der Waals surface area contributed by atoms with Gasteiger partial charge in [0.1, 0.15) is 0 Å². The molecule has 17 heavy (non-hydrogen) atoms. The molecule has 0 amide bonds. The SMILES string of the molecule is C#CC(CC)(c1ccccc1)c1ccccc1. The van der Waals surface area contributed by atoms with Crippen LogP contribution in [-0.2, 0) is 5.41 Å². The summed E-state index contributed by atoms with van der Waals surface area (Å²) in [6.07, 6.45) is 6.73. The van der Waals surface area contributed by atoms with Crippen molar-refractivity contribution < 1.29 is 0 Å². The molecular formula is C17H16. The van der Waals surface area contributed by atoms with E-state index in [-0.39, 0.29) is 5.41 Å². The molecule has 0 spiro atoms. The highest BCUT2D eigenvalue weighted by molar-refractivity contribution is 5.46. The zero-order chi connectivity index (χ0) is 12.1. The summed E-state index contributed by atoms with van der Waals surface area (Å²) < 4.78 is 0. The molecule has 2 rings (SSSR count). The molecule has 0 fully saturated rings. The number of hydrogen-bond donors (Lipinski definition) is 0. The molecule has 0 bridgehead atoms. The van der Waals surface area contributed by atoms with E-state index >= 15 is 0 Å². The molecule has 2 aromatic carbocycles. The van der Waals surface area contributed by atoms with E-state index in [0.717, 1.165) is 6.42 Å². The van der Waals surface area contributed by atoms with Gasteiger partial charge in [-0.1, -0.05) is 73.5 Å². The van der Waals surface area contributed by atoms with E-state index in [1.54, 1.807) is 0 Å². The Balaban J connectivity index is 2.60. The van der Waals surface area contributed by atoms with Crippen molar-refractivity contribution in [1.29, 1.82) is 0 Å². The second-order valence-electron chi connectivity index (χ2n) is 4.14. The van der Waals surface area contributed by atoms with E-state index in [1.165, 1.54) is 11.1 Å². The van der Waals surface area contributed by atoms with Crippen LogP contribution in [0.25, 0.3) is 0 Å². The minimum Gasteiger partial charge on any atom is -0.119 e. The highest BCUT2D eigenvalue weighted by Gasteiger charge is 2.29. The fourth-order valence-electron chi connectivity index (χ4n) is 2.29. The second kappa shape index (κ2) is 4.89. The summed E-state index contributed by atoms with van der Waals surface area (Å²) in [6, 6.07) is 20.6. The molecule has 0 nitrogen and oxygen atoms in total. The Morgan fingerprint density at radius 2 is 1.29 bits per heavy atom. The van der Waals surface area contributed by atoms with E-state index in [0.29, 0.717) is 0 Å². The predicted molar refractivity (Wildman–Crippen MR) is 72.8 cm³/mol. The van der Waals surface area contributed by atoms with Crippen molar-refractivity contribution in [2.75, 3.05) is 0 Å². The molecule has 0 heterocycles. The molecule has 0 radical (unpaired) electrons. The summed E-state index contributed by atoms with van der Waals surface area (Å²) in [7, 11) is 0. The van der Waals surface area contributed by atoms with Gasteiger partial charge in [-0.05, 0) is 17.5 Å². The van der Waals surface area contributed by atoms with Crippen molar-refractivity contribution in [3.63, 3.8) is 0 Å². The highest BCUT2D eigenvalue weighted by Crippen LogP contribution is 2.34. The maximum atomic E-state index is 5.83. The molecule has 2 aromatic rings. The van der Waals surface area contributed by atoms with Gasteiger partial charge in [-0.25, -0.2) is 0 Å². The first-order chi connectivity index (χ1) is 8.33. The minimum atomic E-state index is -0.303. The zero-order valence-electron chi connectivity index (χ0n) is 10.1. The number of benzene rings is 2. The molecule has 0 saturated carbocycles. The average Bonchev–Trinajstić information content (AvgIpc) is 2.43. The predicted octanol–water partition coefficient (Wildman–Crippen LogP) is 4.02. The molecule has 0 aliphatic carbocycles. The van der Waals surface area contributed by atoms with Crippen LogP contribution in [0, 0.1) is 12.3 Å². The quantitative estimate of drug-likeness (QED) is 0.685. The molecule has 0 atom stereocenters. The molecule has 0 aliphatic rings. The summed E-state index contributed by atoms with van der Waals surface area (Å²) in [5.74, 6) is 3.00. The normalized spacial score (nSPS) is 10.8. The first kappa shape index (κ1) is 11.5. The van der Waals surface area contributed by atoms with Crippen molar-refractivity contribution in [3.8, 4) is 12.3 Å². The largest absolute Gasteiger partial charge is 0.119 e. The minimum absolute atomic E-state index is 0.303. The standard InChI is InChI=1S/C17H16/c1-3-17(4-2,15-11-7-5-8-12-15)16-13-9-6-10-14-16/h1,5-14H,4H2,2H3. The summed E-state index contributed by atoms with van der Waals surface area (Å²) in [5.41, 5.74) is 2.08. The van der Waals surface area contributed by atoms with Crippen LogP contribution in [0.15, 0.2) is 60.7 Å². The van der Waals surface area contributed by atoms with Gasteiger partial charge in [0.2, 0.25) is 0 Å². The third-order valence-electron chi connectivity index (χ3n) is 3.31. The van der Waals surface area contributed by atoms with Crippen LogP contribution in [0.1, 0.15) is 24.5 Å². The van der Waals surface area contributed by atoms with Crippen LogP contribution < -0.4 is 0 Å². The van der Waals surface area contributed by atoms with Gasteiger partial charge in [-0.2, -0.15) is 0 Å². The van der Waals surface area contributed by atoms with Crippen molar-refractivity contribution in [3.05, 3.63) is 71.8 Å². The number of rotatable bonds is 3. The molecule has 0 saturated heterocycles. The van der Waals surface area contributed by atoms with Gasteiger partial charge in [-0.15, -0.1) is 6.42 Å². The van der Waals surface area contributed by atoms with Gasteiger partial charge in [0.15, 0.2) is 0 Å². The first-order valence-corrected chi connectivity index (χ1v) is 5.92. The third kappa shape index (κ3) is 1.97. The van der Waals surface area contributed by atoms with E-state index in [1.807, 2.05) is 36.4 Å². The molecule has 0 N–H and O–H groups in total. The molecular weight excluding hydrogens is 204 g/mol. The van der Waals surface area contributed by atoms with Gasteiger partial charge in [0, 0.05) is 0 Å². The second-order valence-corrected chi connectivity index (χ2v) is 4.14. The molecule has 0 heteroatoms. The lowest BCUT2D eigenvalue weighted by Crippen LogP contribution is -2.24. The summed E-state index contributed by atoms with van der Waals surface area (Å²) >= 11 is 0. The lowest BCUT2D eigenvalue weighted by atomic mass is 9.73. The highest BCUT2D eigenvalue weighted by atomic mass is 14.3. The van der Waals surface area contributed by atoms with Crippen LogP contribution in [0.3, 0.4) is 0 Å². The maximum Gasteiger partial charge on any atom is 0.0806 e. The van der Waals surface area contributed by atoms with Crippen molar-refractivity contribution >= 4 is 0 Å². The Hall–Kier alpha value is -2.00. The van der Waals surface area contributed by atoms with Gasteiger partial charge in [0.05, 0.1) is 5.41 Å². The van der Waals surface area contributed by atoms with Gasteiger partial charge < -0.3 is 0 Å². The van der Waals surface area contributed by atoms with Crippen molar-refractivity contribution in [2.24, 2.45) is 0 Å². The van der Waals surface area contributed by atoms with Crippen LogP contribution in [0.2, 0.25) is 0 Å². The Morgan fingerprint density at radius 3 is 1.59 bits per heavy atom. The van der Waals surface area contributed by atoms with Gasteiger partial charge in [-0.3, -0.25) is 0 Å². The van der Waals surface area contributed by atoms with Crippen molar-refractivity contribution in [1.82, 2.24) is 0 Å². The average molecular weight is 220 g/mol. The van der Waals surface area contributed by atoms with Crippen LogP contribution in [0.4, 0.5) is 0 Å². The summed E-state index contributed by atoms with van der Waals surface area (Å²) in [6.45, 7) is 2.14. The lowest BCUT2D eigenvalue weighted by molar-refractivity contribution is 0.641. The van der Waals surface area contributed by atoms with E-state index in [4.69, 9.17) is 6.42 Å². The fraction of sp³-hybridized carbons (Fsp3) is 0.176. The Bertz CT molecular complexity index is 463. The monoisotopic (exact) mass is 220 g/mol. The van der Waals surface area contributed by atoms with Crippen molar-refractivity contribution in [2.45, 2.75) is 18.8 Å². The first-order valence-electron chi connectivity index (χ1n) is 5.92. The smallest absolute Gasteiger partial charge is 0.0806 e. The maximum absolute atomic E-state index is 5.83. The Morgan fingerprint density at radius 1 is 0.882 bits per heavy atom. The Kier molecular flexibility index (Phi) is 3.30. The third-order valence-corrected chi connectivity index (χ3v) is 3.31. The summed E-state index contributed by atoms with van der Waals surface area (Å²) in [5, 5.41) is 0. The number of terminal acetylenes is 1.